The zero-order valence-corrected chi connectivity index (χ0v) is 7.67. The topological polar surface area (TPSA) is 40.5 Å². The minimum atomic E-state index is -0.807. The molecule has 1 aliphatic rings. The molecule has 1 rings (SSSR count). The second-order valence-electron chi connectivity index (χ2n) is 2.54. The highest BCUT2D eigenvalue weighted by molar-refractivity contribution is 9.11. The molecule has 0 aromatic heterocycles. The first-order valence-electron chi connectivity index (χ1n) is 3.50. The Kier molecular flexibility index (Phi) is 2.93. The van der Waals surface area contributed by atoms with Crippen molar-refractivity contribution in [1.29, 1.82) is 0 Å². The zero-order valence-electron chi connectivity index (χ0n) is 6.09. The number of halogens is 1. The second-order valence-corrected chi connectivity index (χ2v) is 2.99. The highest BCUT2D eigenvalue weighted by Crippen LogP contribution is 2.16. The molecule has 4 heteroatoms. The molecule has 1 fully saturated rings. The molecule has 0 unspecified atom stereocenters. The van der Waals surface area contributed by atoms with E-state index in [1.807, 2.05) is 4.99 Å². The normalized spacial score (nSPS) is 18.3. The van der Waals surface area contributed by atoms with Crippen LogP contribution < -0.4 is 0 Å². The van der Waals surface area contributed by atoms with Gasteiger partial charge < -0.3 is 10.0 Å². The molecule has 0 bridgehead atoms. The minimum Gasteiger partial charge on any atom is -0.465 e. The van der Waals surface area contributed by atoms with Crippen LogP contribution in [0.2, 0.25) is 0 Å². The Labute approximate surface area is 73.8 Å². The lowest BCUT2D eigenvalue weighted by molar-refractivity contribution is 0.141. The van der Waals surface area contributed by atoms with Gasteiger partial charge in [-0.25, -0.2) is 4.79 Å². The number of hydrogen-bond donors (Lipinski definition) is 1. The van der Waals surface area contributed by atoms with Gasteiger partial charge in [-0.2, -0.15) is 0 Å². The Morgan fingerprint density at radius 1 is 1.55 bits per heavy atom. The number of carbonyl (C=O) groups is 1. The molecule has 1 N–H and O–H groups in total. The Bertz CT molecular complexity index is 181. The quantitative estimate of drug-likeness (QED) is 0.678. The van der Waals surface area contributed by atoms with Gasteiger partial charge in [-0.15, -0.1) is 0 Å². The van der Waals surface area contributed by atoms with Gasteiger partial charge in [0.2, 0.25) is 0 Å². The Hall–Kier alpha value is -0.510. The van der Waals surface area contributed by atoms with Crippen LogP contribution in [0.4, 0.5) is 4.79 Å². The minimum absolute atomic E-state index is 0.632. The Balaban J connectivity index is 2.42. The summed E-state index contributed by atoms with van der Waals surface area (Å²) in [4.78, 5) is 13.8. The van der Waals surface area contributed by atoms with E-state index in [1.54, 1.807) is 0 Å². The predicted octanol–water partition coefficient (Wildman–Crippen LogP) is 2.04. The van der Waals surface area contributed by atoms with Crippen molar-refractivity contribution in [3.05, 3.63) is 10.6 Å². The third-order valence-corrected chi connectivity index (χ3v) is 2.48. The molecule has 11 heavy (non-hydrogen) atoms. The maximum Gasteiger partial charge on any atom is 0.407 e. The molecule has 1 aliphatic heterocycles. The molecule has 1 amide bonds. The lowest BCUT2D eigenvalue weighted by atomic mass is 10.1. The molecule has 0 spiro atoms. The van der Waals surface area contributed by atoms with E-state index in [0.717, 1.165) is 12.8 Å². The Morgan fingerprint density at radius 2 is 2.09 bits per heavy atom. The third-order valence-electron chi connectivity index (χ3n) is 1.83. The number of carboxylic acid groups (broad SMARTS) is 1. The van der Waals surface area contributed by atoms with Crippen LogP contribution in [0, 0.1) is 0 Å². The molecule has 0 aliphatic carbocycles. The monoisotopic (exact) mass is 219 g/mol. The molecule has 1 heterocycles. The summed E-state index contributed by atoms with van der Waals surface area (Å²) in [7, 11) is 0. The van der Waals surface area contributed by atoms with E-state index < -0.39 is 6.09 Å². The van der Waals surface area contributed by atoms with Gasteiger partial charge in [0, 0.05) is 13.1 Å². The maximum atomic E-state index is 10.4. The van der Waals surface area contributed by atoms with E-state index in [9.17, 15) is 4.79 Å². The summed E-state index contributed by atoms with van der Waals surface area (Å²) in [6.07, 6.45) is 0.911. The van der Waals surface area contributed by atoms with E-state index in [4.69, 9.17) is 5.11 Å². The van der Waals surface area contributed by atoms with E-state index in [0.29, 0.717) is 13.1 Å². The van der Waals surface area contributed by atoms with E-state index >= 15 is 0 Å². The smallest absolute Gasteiger partial charge is 0.407 e. The van der Waals surface area contributed by atoms with Crippen LogP contribution in [0.25, 0.3) is 0 Å². The van der Waals surface area contributed by atoms with Crippen molar-refractivity contribution in [2.24, 2.45) is 0 Å². The number of likely N-dealkylation sites (tertiary alicyclic amines) is 1. The van der Waals surface area contributed by atoms with E-state index in [-0.39, 0.29) is 0 Å². The van der Waals surface area contributed by atoms with Crippen molar-refractivity contribution in [3.8, 4) is 0 Å². The van der Waals surface area contributed by atoms with Gasteiger partial charge in [-0.3, -0.25) is 0 Å². The number of amides is 1. The molecule has 0 aromatic carbocycles. The van der Waals surface area contributed by atoms with Crippen LogP contribution in [0.15, 0.2) is 10.6 Å². The lowest BCUT2D eigenvalue weighted by Crippen LogP contribution is -2.34. The highest BCUT2D eigenvalue weighted by atomic mass is 79.9. The van der Waals surface area contributed by atoms with Crippen LogP contribution >= 0.6 is 15.9 Å². The molecule has 0 saturated carbocycles. The lowest BCUT2D eigenvalue weighted by Gasteiger charge is -2.25. The molecule has 3 nitrogen and oxygen atoms in total. The number of piperidine rings is 1. The number of rotatable bonds is 0. The summed E-state index contributed by atoms with van der Waals surface area (Å²) < 4.78 is 0. The summed E-state index contributed by atoms with van der Waals surface area (Å²) in [5.41, 5.74) is 1.29. The molecule has 0 radical (unpaired) electrons. The van der Waals surface area contributed by atoms with Gasteiger partial charge in [-0.1, -0.05) is 21.5 Å². The summed E-state index contributed by atoms with van der Waals surface area (Å²) in [6, 6.07) is 0. The van der Waals surface area contributed by atoms with Gasteiger partial charge in [0.1, 0.15) is 0 Å². The predicted molar refractivity (Wildman–Crippen MR) is 45.8 cm³/mol. The first-order chi connectivity index (χ1) is 5.24. The molecule has 62 valence electrons. The van der Waals surface area contributed by atoms with Gasteiger partial charge in [0.15, 0.2) is 0 Å². The van der Waals surface area contributed by atoms with Gasteiger partial charge in [0.25, 0.3) is 0 Å². The average molecular weight is 220 g/mol. The van der Waals surface area contributed by atoms with Gasteiger partial charge >= 0.3 is 6.09 Å². The fourth-order valence-corrected chi connectivity index (χ4v) is 1.55. The average Bonchev–Trinajstić information content (AvgIpc) is 2.05. The van der Waals surface area contributed by atoms with Crippen molar-refractivity contribution in [3.63, 3.8) is 0 Å². The first-order valence-corrected chi connectivity index (χ1v) is 4.41. The zero-order chi connectivity index (χ0) is 8.27. The van der Waals surface area contributed by atoms with E-state index in [2.05, 4.69) is 15.9 Å². The van der Waals surface area contributed by atoms with Crippen LogP contribution in [0.5, 0.6) is 0 Å². The largest absolute Gasteiger partial charge is 0.465 e. The van der Waals surface area contributed by atoms with Crippen molar-refractivity contribution >= 4 is 22.0 Å². The van der Waals surface area contributed by atoms with Crippen molar-refractivity contribution in [2.45, 2.75) is 12.8 Å². The fraction of sp³-hybridized carbons (Fsp3) is 0.571. The highest BCUT2D eigenvalue weighted by Gasteiger charge is 2.16. The maximum absolute atomic E-state index is 10.4. The SMILES string of the molecule is O=C(O)N1CCC(=CBr)CC1. The number of hydrogen-bond acceptors (Lipinski definition) is 1. The Morgan fingerprint density at radius 3 is 2.45 bits per heavy atom. The summed E-state index contributed by atoms with van der Waals surface area (Å²) >= 11 is 3.24. The summed E-state index contributed by atoms with van der Waals surface area (Å²) in [6.45, 7) is 1.26. The molecular formula is C7H10BrNO2. The molecule has 1 saturated heterocycles. The summed E-state index contributed by atoms with van der Waals surface area (Å²) in [5.74, 6) is 0. The van der Waals surface area contributed by atoms with Crippen LogP contribution in [-0.2, 0) is 0 Å². The van der Waals surface area contributed by atoms with Crippen molar-refractivity contribution in [1.82, 2.24) is 4.90 Å². The van der Waals surface area contributed by atoms with Crippen LogP contribution in [-0.4, -0.2) is 29.2 Å². The van der Waals surface area contributed by atoms with Crippen molar-refractivity contribution in [2.75, 3.05) is 13.1 Å². The first kappa shape index (κ1) is 8.59. The van der Waals surface area contributed by atoms with E-state index in [1.165, 1.54) is 10.5 Å². The molecule has 0 atom stereocenters. The van der Waals surface area contributed by atoms with Crippen molar-refractivity contribution < 1.29 is 9.90 Å². The molecule has 0 aromatic rings. The standard InChI is InChI=1S/C7H10BrNO2/c8-5-6-1-3-9(4-2-6)7(10)11/h5H,1-4H2,(H,10,11). The third kappa shape index (κ3) is 2.22. The van der Waals surface area contributed by atoms with Gasteiger partial charge in [-0.05, 0) is 17.8 Å². The van der Waals surface area contributed by atoms with Crippen LogP contribution in [0.3, 0.4) is 0 Å². The van der Waals surface area contributed by atoms with Crippen LogP contribution in [0.1, 0.15) is 12.8 Å². The fourth-order valence-electron chi connectivity index (χ4n) is 1.09. The van der Waals surface area contributed by atoms with Gasteiger partial charge in [0.05, 0.1) is 0 Å². The number of nitrogens with zero attached hydrogens (tertiary/aromatic N) is 1. The summed E-state index contributed by atoms with van der Waals surface area (Å²) in [5, 5.41) is 8.59. The molecular weight excluding hydrogens is 210 g/mol. The second kappa shape index (κ2) is 3.76.